The molecule has 0 bridgehead atoms. The fraction of sp³-hybridized carbons (Fsp3) is 0.0500. The summed E-state index contributed by atoms with van der Waals surface area (Å²) in [5.74, 6) is 0. The summed E-state index contributed by atoms with van der Waals surface area (Å²) in [6, 6.07) is 15.7. The van der Waals surface area contributed by atoms with Gasteiger partial charge in [0.15, 0.2) is 6.29 Å². The Morgan fingerprint density at radius 2 is 1.79 bits per heavy atom. The van der Waals surface area contributed by atoms with Crippen molar-refractivity contribution in [2.45, 2.75) is 11.3 Å². The Morgan fingerprint density at radius 1 is 1.10 bits per heavy atom. The van der Waals surface area contributed by atoms with Crippen molar-refractivity contribution in [1.82, 2.24) is 4.98 Å². The Bertz CT molecular complexity index is 1170. The number of nitrogens with zero attached hydrogens (tertiary/aromatic N) is 2. The van der Waals surface area contributed by atoms with E-state index in [1.165, 1.54) is 23.5 Å². The van der Waals surface area contributed by atoms with Crippen LogP contribution in [0, 0.1) is 0 Å². The minimum atomic E-state index is -3.75. The maximum atomic E-state index is 11.4. The van der Waals surface area contributed by atoms with Gasteiger partial charge in [0, 0.05) is 23.7 Å². The number of sulfonamides is 1. The van der Waals surface area contributed by atoms with Crippen LogP contribution in [0.4, 0.5) is 5.13 Å². The maximum absolute atomic E-state index is 11.4. The molecule has 0 atom stereocenters. The monoisotopic (exact) mass is 426 g/mol. The van der Waals surface area contributed by atoms with Crippen LogP contribution in [0.5, 0.6) is 0 Å². The van der Waals surface area contributed by atoms with E-state index < -0.39 is 10.0 Å². The van der Waals surface area contributed by atoms with Crippen molar-refractivity contribution in [3.63, 3.8) is 0 Å². The van der Waals surface area contributed by atoms with Crippen LogP contribution >= 0.6 is 11.3 Å². The summed E-state index contributed by atoms with van der Waals surface area (Å²) in [6.45, 7) is 0. The second-order valence-electron chi connectivity index (χ2n) is 6.10. The molecule has 7 nitrogen and oxygen atoms in total. The Labute approximate surface area is 172 Å². The predicted molar refractivity (Wildman–Crippen MR) is 115 cm³/mol. The first-order valence-corrected chi connectivity index (χ1v) is 10.9. The highest BCUT2D eigenvalue weighted by atomic mass is 32.2. The molecular weight excluding hydrogens is 408 g/mol. The molecule has 1 aromatic heterocycles. The van der Waals surface area contributed by atoms with Crippen LogP contribution in [0.3, 0.4) is 0 Å². The van der Waals surface area contributed by atoms with Gasteiger partial charge in [-0.1, -0.05) is 42.5 Å². The number of rotatable bonds is 7. The highest BCUT2D eigenvalue weighted by Gasteiger charge is 2.10. The molecular formula is C20H18N4O3S2. The fourth-order valence-corrected chi connectivity index (χ4v) is 3.67. The molecule has 0 fully saturated rings. The Balaban J connectivity index is 1.95. The van der Waals surface area contributed by atoms with Gasteiger partial charge in [-0.05, 0) is 28.8 Å². The summed E-state index contributed by atoms with van der Waals surface area (Å²) < 4.78 is 22.9. The third-order valence-electron chi connectivity index (χ3n) is 4.04. The van der Waals surface area contributed by atoms with Crippen molar-refractivity contribution >= 4 is 44.7 Å². The zero-order valence-electron chi connectivity index (χ0n) is 15.2. The van der Waals surface area contributed by atoms with Crippen LogP contribution in [-0.4, -0.2) is 25.9 Å². The van der Waals surface area contributed by atoms with Gasteiger partial charge in [0.2, 0.25) is 15.2 Å². The number of hydrogen-bond donors (Lipinski definition) is 2. The largest absolute Gasteiger partial charge is 0.398 e. The Morgan fingerprint density at radius 3 is 2.38 bits per heavy atom. The lowest BCUT2D eigenvalue weighted by Gasteiger charge is -2.09. The quantitative estimate of drug-likeness (QED) is 0.443. The Kier molecular flexibility index (Phi) is 6.32. The smallest absolute Gasteiger partial charge is 0.238 e. The molecule has 0 aliphatic carbocycles. The molecule has 0 saturated carbocycles. The zero-order chi connectivity index (χ0) is 20.9. The third-order valence-corrected chi connectivity index (χ3v) is 5.73. The lowest BCUT2D eigenvalue weighted by molar-refractivity contribution is 0.111. The number of carbonyl (C=O) groups excluding carboxylic acids is 1. The average Bonchev–Trinajstić information content (AvgIpc) is 3.19. The minimum absolute atomic E-state index is 0.0423. The van der Waals surface area contributed by atoms with Gasteiger partial charge < -0.3 is 5.73 Å². The highest BCUT2D eigenvalue weighted by molar-refractivity contribution is 7.89. The number of carbonyl (C=O) groups is 1. The predicted octanol–water partition coefficient (Wildman–Crippen LogP) is 2.92. The van der Waals surface area contributed by atoms with Gasteiger partial charge >= 0.3 is 0 Å². The summed E-state index contributed by atoms with van der Waals surface area (Å²) >= 11 is 1.25. The maximum Gasteiger partial charge on any atom is 0.238 e. The number of thiazole rings is 1. The van der Waals surface area contributed by atoms with E-state index in [2.05, 4.69) is 9.98 Å². The van der Waals surface area contributed by atoms with Gasteiger partial charge in [-0.15, -0.1) is 11.3 Å². The number of aldehydes is 1. The molecule has 29 heavy (non-hydrogen) atoms. The van der Waals surface area contributed by atoms with Crippen LogP contribution in [-0.2, 0) is 16.4 Å². The first kappa shape index (κ1) is 20.6. The van der Waals surface area contributed by atoms with Crippen LogP contribution in [0.1, 0.15) is 21.6 Å². The van der Waals surface area contributed by atoms with Crippen LogP contribution in [0.15, 0.2) is 75.4 Å². The highest BCUT2D eigenvalue weighted by Crippen LogP contribution is 2.21. The van der Waals surface area contributed by atoms with Crippen molar-refractivity contribution in [3.05, 3.63) is 82.4 Å². The number of hydrogen-bond acceptors (Lipinski definition) is 7. The number of benzene rings is 2. The average molecular weight is 427 g/mol. The molecule has 0 unspecified atom stereocenters. The van der Waals surface area contributed by atoms with E-state index >= 15 is 0 Å². The van der Waals surface area contributed by atoms with Gasteiger partial charge in [-0.25, -0.2) is 23.5 Å². The summed E-state index contributed by atoms with van der Waals surface area (Å²) in [5, 5.41) is 7.21. The first-order valence-electron chi connectivity index (χ1n) is 8.47. The van der Waals surface area contributed by atoms with E-state index in [9.17, 15) is 13.2 Å². The Hall–Kier alpha value is -3.14. The van der Waals surface area contributed by atoms with Crippen molar-refractivity contribution in [2.24, 2.45) is 15.9 Å². The molecule has 4 N–H and O–H groups in total. The molecule has 9 heteroatoms. The normalized spacial score (nSPS) is 12.7. The standard InChI is InChI=1S/C20H18N4O3S2/c21-19(15-4-2-1-3-5-15)16(11-23-20-24-17(12-25)13-28-20)10-14-6-8-18(9-7-14)29(22,26)27/h1-9,11-13H,10,21H2,(H2,22,26,27). The molecule has 0 spiro atoms. The fourth-order valence-electron chi connectivity index (χ4n) is 2.55. The second kappa shape index (κ2) is 8.91. The van der Waals surface area contributed by atoms with Gasteiger partial charge in [-0.3, -0.25) is 4.79 Å². The molecule has 0 radical (unpaired) electrons. The van der Waals surface area contributed by atoms with Crippen molar-refractivity contribution in [2.75, 3.05) is 0 Å². The lowest BCUT2D eigenvalue weighted by Crippen LogP contribution is -2.12. The molecule has 2 aromatic carbocycles. The third kappa shape index (κ3) is 5.44. The topological polar surface area (TPSA) is 128 Å². The van der Waals surface area contributed by atoms with E-state index in [0.717, 1.165) is 16.7 Å². The summed E-state index contributed by atoms with van der Waals surface area (Å²) in [7, 11) is -3.75. The number of aliphatic imine (C=N–C) groups is 1. The van der Waals surface area contributed by atoms with E-state index in [0.29, 0.717) is 29.2 Å². The van der Waals surface area contributed by atoms with Gasteiger partial charge in [-0.2, -0.15) is 0 Å². The van der Waals surface area contributed by atoms with Crippen molar-refractivity contribution in [1.29, 1.82) is 0 Å². The molecule has 0 aliphatic rings. The first-order chi connectivity index (χ1) is 13.9. The molecule has 0 saturated heterocycles. The SMILES string of the molecule is NC(=C(C=Nc1nc(C=O)cs1)Cc1ccc(S(N)(=O)=O)cc1)c1ccccc1. The van der Waals surface area contributed by atoms with Crippen LogP contribution in [0.2, 0.25) is 0 Å². The van der Waals surface area contributed by atoms with Crippen molar-refractivity contribution < 1.29 is 13.2 Å². The molecule has 148 valence electrons. The lowest BCUT2D eigenvalue weighted by atomic mass is 10.0. The van der Waals surface area contributed by atoms with E-state index in [-0.39, 0.29) is 4.90 Å². The van der Waals surface area contributed by atoms with Gasteiger partial charge in [0.25, 0.3) is 0 Å². The number of aromatic nitrogens is 1. The van der Waals surface area contributed by atoms with E-state index in [1.807, 2.05) is 30.3 Å². The number of primary sulfonamides is 1. The molecule has 3 rings (SSSR count). The van der Waals surface area contributed by atoms with Gasteiger partial charge in [0.05, 0.1) is 4.90 Å². The summed E-state index contributed by atoms with van der Waals surface area (Å²) in [5.41, 5.74) is 9.64. The van der Waals surface area contributed by atoms with Crippen LogP contribution < -0.4 is 10.9 Å². The zero-order valence-corrected chi connectivity index (χ0v) is 16.9. The molecule has 0 aliphatic heterocycles. The number of allylic oxidation sites excluding steroid dienone is 1. The van der Waals surface area contributed by atoms with E-state index in [1.54, 1.807) is 23.7 Å². The summed E-state index contributed by atoms with van der Waals surface area (Å²) in [4.78, 5) is 19.3. The molecule has 3 aromatic rings. The summed E-state index contributed by atoms with van der Waals surface area (Å²) in [6.07, 6.45) is 2.70. The second-order valence-corrected chi connectivity index (χ2v) is 8.50. The molecule has 0 amide bonds. The number of nitrogens with two attached hydrogens (primary N) is 2. The van der Waals surface area contributed by atoms with Crippen molar-refractivity contribution in [3.8, 4) is 0 Å². The van der Waals surface area contributed by atoms with E-state index in [4.69, 9.17) is 10.9 Å². The van der Waals surface area contributed by atoms with Crippen LogP contribution in [0.25, 0.3) is 5.70 Å². The molecule has 1 heterocycles. The minimum Gasteiger partial charge on any atom is -0.398 e. The van der Waals surface area contributed by atoms with Gasteiger partial charge in [0.1, 0.15) is 5.69 Å².